The summed E-state index contributed by atoms with van der Waals surface area (Å²) in [6.45, 7) is 8.24. The van der Waals surface area contributed by atoms with Crippen molar-refractivity contribution < 1.29 is 9.59 Å². The van der Waals surface area contributed by atoms with Gasteiger partial charge in [0.2, 0.25) is 0 Å². The van der Waals surface area contributed by atoms with Crippen LogP contribution in [0.15, 0.2) is 35.3 Å². The largest absolute Gasteiger partial charge is 0.299 e. The molecule has 112 valence electrons. The molecule has 1 heterocycles. The molecule has 0 amide bonds. The molecule has 6 heteroatoms. The van der Waals surface area contributed by atoms with Crippen molar-refractivity contribution in [1.82, 2.24) is 0 Å². The lowest BCUT2D eigenvalue weighted by Crippen LogP contribution is -2.32. The van der Waals surface area contributed by atoms with E-state index in [1.54, 1.807) is 30.3 Å². The Morgan fingerprint density at radius 3 is 2.33 bits per heavy atom. The summed E-state index contributed by atoms with van der Waals surface area (Å²) in [5.74, 6) is -0.0429. The molecule has 1 aliphatic heterocycles. The van der Waals surface area contributed by atoms with Gasteiger partial charge in [0, 0.05) is 5.56 Å². The van der Waals surface area contributed by atoms with Gasteiger partial charge in [0.1, 0.15) is 23.4 Å². The van der Waals surface area contributed by atoms with Crippen LogP contribution >= 0.6 is 23.0 Å². The summed E-state index contributed by atoms with van der Waals surface area (Å²) in [5, 5.41) is -0.378. The van der Waals surface area contributed by atoms with Gasteiger partial charge in [0.15, 0.2) is 5.78 Å². The van der Waals surface area contributed by atoms with Crippen LogP contribution in [0.25, 0.3) is 0 Å². The van der Waals surface area contributed by atoms with Crippen molar-refractivity contribution in [1.29, 1.82) is 0 Å². The van der Waals surface area contributed by atoms with E-state index < -0.39 is 13.3 Å². The smallest absolute Gasteiger partial charge is 0.188 e. The predicted molar refractivity (Wildman–Crippen MR) is 95.0 cm³/mol. The summed E-state index contributed by atoms with van der Waals surface area (Å²) >= 11 is 3.20. The van der Waals surface area contributed by atoms with Gasteiger partial charge >= 0.3 is 0 Å². The first-order valence-electron chi connectivity index (χ1n) is 6.81. The highest BCUT2D eigenvalue weighted by Gasteiger charge is 2.39. The molecule has 1 aromatic carbocycles. The van der Waals surface area contributed by atoms with Crippen LogP contribution in [0.4, 0.5) is 0 Å². The van der Waals surface area contributed by atoms with E-state index in [-0.39, 0.29) is 16.8 Å². The monoisotopic (exact) mass is 337 g/mol. The van der Waals surface area contributed by atoms with Crippen molar-refractivity contribution in [2.75, 3.05) is 0 Å². The number of aliphatic imine (C=N–C) groups is 1. The van der Waals surface area contributed by atoms with Crippen molar-refractivity contribution in [3.63, 3.8) is 0 Å². The molecule has 2 rings (SSSR count). The second-order valence-corrected chi connectivity index (χ2v) is 16.4. The summed E-state index contributed by atoms with van der Waals surface area (Å²) in [7, 11) is -1.39. The number of thioether (sulfide) groups is 1. The topological polar surface area (TPSA) is 46.5 Å². The SMILES string of the molecule is CC(=O)C1SC(S[Si](C)(C)C)=NC1C(=O)c1ccccc1. The maximum atomic E-state index is 12.6. The minimum Gasteiger partial charge on any atom is -0.299 e. The zero-order valence-electron chi connectivity index (χ0n) is 12.6. The number of rotatable bonds is 4. The molecule has 2 unspecified atom stereocenters. The fourth-order valence-corrected chi connectivity index (χ4v) is 8.45. The Morgan fingerprint density at radius 1 is 1.19 bits per heavy atom. The quantitative estimate of drug-likeness (QED) is 0.618. The van der Waals surface area contributed by atoms with E-state index in [0.717, 1.165) is 4.38 Å². The Kier molecular flexibility index (Phi) is 5.11. The second kappa shape index (κ2) is 6.50. The number of carbonyl (C=O) groups excluding carboxylic acids is 2. The van der Waals surface area contributed by atoms with E-state index in [1.807, 2.05) is 18.2 Å². The zero-order chi connectivity index (χ0) is 15.6. The molecular formula is C15H19NO2S2Si. The van der Waals surface area contributed by atoms with Gasteiger partial charge in [0.05, 0.1) is 5.25 Å². The summed E-state index contributed by atoms with van der Waals surface area (Å²) in [4.78, 5) is 29.0. The number of ketones is 2. The maximum absolute atomic E-state index is 12.6. The normalized spacial score (nSPS) is 22.0. The molecule has 2 atom stereocenters. The maximum Gasteiger partial charge on any atom is 0.188 e. The average Bonchev–Trinajstić information content (AvgIpc) is 2.80. The molecule has 1 aromatic rings. The Labute approximate surface area is 134 Å². The minimum atomic E-state index is -1.39. The standard InChI is InChI=1S/C15H19NO2S2Si/c1-10(17)14-12(13(18)11-8-6-5-7-9-11)16-15(19-14)20-21(2,3)4/h5-9,12,14H,1-4H3. The van der Waals surface area contributed by atoms with Crippen LogP contribution in [0.3, 0.4) is 0 Å². The van der Waals surface area contributed by atoms with Crippen LogP contribution in [0.5, 0.6) is 0 Å². The van der Waals surface area contributed by atoms with Crippen LogP contribution in [0.2, 0.25) is 19.6 Å². The van der Waals surface area contributed by atoms with Gasteiger partial charge in [0.25, 0.3) is 0 Å². The van der Waals surface area contributed by atoms with Crippen molar-refractivity contribution >= 4 is 46.1 Å². The fourth-order valence-electron chi connectivity index (χ4n) is 1.97. The number of hydrogen-bond donors (Lipinski definition) is 0. The summed E-state index contributed by atoms with van der Waals surface area (Å²) in [6, 6.07) is 8.53. The van der Waals surface area contributed by atoms with Crippen LogP contribution in [0.1, 0.15) is 17.3 Å². The highest BCUT2D eigenvalue weighted by Crippen LogP contribution is 2.38. The van der Waals surface area contributed by atoms with Crippen molar-refractivity contribution in [3.8, 4) is 0 Å². The number of Topliss-reactive ketones (excluding diaryl/α,β-unsaturated/α-hetero) is 2. The summed E-state index contributed by atoms with van der Waals surface area (Å²) < 4.78 is 0.892. The van der Waals surface area contributed by atoms with Gasteiger partial charge < -0.3 is 0 Å². The third-order valence-corrected chi connectivity index (χ3v) is 8.32. The average molecular weight is 338 g/mol. The Morgan fingerprint density at radius 2 is 1.81 bits per heavy atom. The molecule has 0 fully saturated rings. The molecule has 0 aliphatic carbocycles. The predicted octanol–water partition coefficient (Wildman–Crippen LogP) is 3.87. The molecule has 3 nitrogen and oxygen atoms in total. The second-order valence-electron chi connectivity index (χ2n) is 5.93. The molecule has 21 heavy (non-hydrogen) atoms. The Hall–Kier alpha value is -0.853. The van der Waals surface area contributed by atoms with Crippen LogP contribution in [-0.2, 0) is 4.79 Å². The van der Waals surface area contributed by atoms with Gasteiger partial charge in [-0.15, -0.1) is 11.2 Å². The first kappa shape index (κ1) is 16.5. The van der Waals surface area contributed by atoms with Crippen LogP contribution in [0, 0.1) is 0 Å². The van der Waals surface area contributed by atoms with E-state index in [0.29, 0.717) is 5.56 Å². The van der Waals surface area contributed by atoms with Crippen LogP contribution in [-0.4, -0.2) is 34.5 Å². The van der Waals surface area contributed by atoms with Crippen LogP contribution < -0.4 is 0 Å². The molecule has 0 aromatic heterocycles. The lowest BCUT2D eigenvalue weighted by Gasteiger charge is -2.14. The third-order valence-electron chi connectivity index (χ3n) is 2.88. The lowest BCUT2D eigenvalue weighted by molar-refractivity contribution is -0.116. The molecule has 0 saturated heterocycles. The third kappa shape index (κ3) is 4.31. The first-order chi connectivity index (χ1) is 9.78. The molecule has 1 aliphatic rings. The minimum absolute atomic E-state index is 0.0178. The van der Waals surface area contributed by atoms with Gasteiger partial charge in [-0.05, 0) is 6.92 Å². The fraction of sp³-hybridized carbons (Fsp3) is 0.400. The van der Waals surface area contributed by atoms with Gasteiger partial charge in [-0.25, -0.2) is 0 Å². The Balaban J connectivity index is 2.25. The summed E-state index contributed by atoms with van der Waals surface area (Å²) in [6.07, 6.45) is 0. The molecule has 0 N–H and O–H groups in total. The lowest BCUT2D eigenvalue weighted by atomic mass is 10.0. The number of hydrogen-bond acceptors (Lipinski definition) is 5. The zero-order valence-corrected chi connectivity index (χ0v) is 15.3. The van der Waals surface area contributed by atoms with E-state index in [1.165, 1.54) is 11.8 Å². The van der Waals surface area contributed by atoms with Gasteiger partial charge in [-0.3, -0.25) is 14.6 Å². The van der Waals surface area contributed by atoms with Gasteiger partial charge in [-0.2, -0.15) is 0 Å². The first-order valence-corrected chi connectivity index (χ1v) is 12.7. The highest BCUT2D eigenvalue weighted by atomic mass is 32.4. The number of carbonyl (C=O) groups is 2. The molecule has 0 saturated carbocycles. The van der Waals surface area contributed by atoms with Gasteiger partial charge in [-0.1, -0.05) is 61.7 Å². The molecule has 0 bridgehead atoms. The van der Waals surface area contributed by atoms with E-state index in [4.69, 9.17) is 0 Å². The Bertz CT molecular complexity index is 581. The van der Waals surface area contributed by atoms with Crippen molar-refractivity contribution in [2.45, 2.75) is 37.9 Å². The van der Waals surface area contributed by atoms with E-state index in [2.05, 4.69) is 24.6 Å². The summed E-state index contributed by atoms with van der Waals surface area (Å²) in [5.41, 5.74) is 0.623. The number of nitrogens with zero attached hydrogens (tertiary/aromatic N) is 1. The van der Waals surface area contributed by atoms with E-state index in [9.17, 15) is 9.59 Å². The highest BCUT2D eigenvalue weighted by molar-refractivity contribution is 8.52. The van der Waals surface area contributed by atoms with E-state index >= 15 is 0 Å². The molecular weight excluding hydrogens is 318 g/mol. The van der Waals surface area contributed by atoms with Crippen molar-refractivity contribution in [2.24, 2.45) is 4.99 Å². The number of benzene rings is 1. The van der Waals surface area contributed by atoms with Crippen molar-refractivity contribution in [3.05, 3.63) is 35.9 Å². The molecule has 0 spiro atoms. The molecule has 0 radical (unpaired) electrons.